The summed E-state index contributed by atoms with van der Waals surface area (Å²) in [5.74, 6) is -0.497. The van der Waals surface area contributed by atoms with E-state index in [1.807, 2.05) is 6.07 Å². The van der Waals surface area contributed by atoms with Crippen LogP contribution in [0, 0.1) is 0 Å². The zero-order valence-electron chi connectivity index (χ0n) is 14.6. The topological polar surface area (TPSA) is 88.2 Å². The molecule has 3 rings (SSSR count). The molecule has 0 fully saturated rings. The quantitative estimate of drug-likeness (QED) is 0.638. The molecule has 136 valence electrons. The number of benzene rings is 2. The highest BCUT2D eigenvalue weighted by Crippen LogP contribution is 2.18. The van der Waals surface area contributed by atoms with Gasteiger partial charge in [-0.3, -0.25) is 19.7 Å². The van der Waals surface area contributed by atoms with Crippen molar-refractivity contribution in [3.63, 3.8) is 0 Å². The van der Waals surface area contributed by atoms with Crippen LogP contribution in [0.4, 0.5) is 10.8 Å². The Hall–Kier alpha value is -3.32. The molecule has 0 bridgehead atoms. The molecule has 0 aliphatic carbocycles. The standard InChI is InChI=1S/C20H17N3O3S/c1-13(24)14-7-9-16(10-8-14)21-18(25)11-17-12-27-20(22-17)23-19(26)15-5-3-2-4-6-15/h2-10,12H,11H2,1H3,(H,21,25)(H,22,23,26). The zero-order valence-corrected chi connectivity index (χ0v) is 15.4. The lowest BCUT2D eigenvalue weighted by Crippen LogP contribution is -2.15. The average Bonchev–Trinajstić information content (AvgIpc) is 3.09. The summed E-state index contributed by atoms with van der Waals surface area (Å²) in [5.41, 5.74) is 2.31. The summed E-state index contributed by atoms with van der Waals surface area (Å²) in [4.78, 5) is 39.8. The minimum atomic E-state index is -0.244. The van der Waals surface area contributed by atoms with Gasteiger partial charge in [0.15, 0.2) is 10.9 Å². The number of aromatic nitrogens is 1. The Balaban J connectivity index is 1.56. The number of thiazole rings is 1. The molecule has 0 atom stereocenters. The lowest BCUT2D eigenvalue weighted by Gasteiger charge is -2.04. The maximum atomic E-state index is 12.2. The predicted molar refractivity (Wildman–Crippen MR) is 105 cm³/mol. The molecule has 2 amide bonds. The minimum Gasteiger partial charge on any atom is -0.326 e. The van der Waals surface area contributed by atoms with Crippen LogP contribution in [0.2, 0.25) is 0 Å². The summed E-state index contributed by atoms with van der Waals surface area (Å²) in [6, 6.07) is 15.5. The molecule has 2 aromatic carbocycles. The maximum Gasteiger partial charge on any atom is 0.257 e. The number of Topliss-reactive ketones (excluding diaryl/α,β-unsaturated/α-hetero) is 1. The van der Waals surface area contributed by atoms with E-state index in [0.29, 0.717) is 27.6 Å². The monoisotopic (exact) mass is 379 g/mol. The highest BCUT2D eigenvalue weighted by molar-refractivity contribution is 7.14. The fourth-order valence-corrected chi connectivity index (χ4v) is 3.07. The van der Waals surface area contributed by atoms with Crippen molar-refractivity contribution in [1.29, 1.82) is 0 Å². The molecule has 2 N–H and O–H groups in total. The van der Waals surface area contributed by atoms with Gasteiger partial charge in [-0.1, -0.05) is 18.2 Å². The van der Waals surface area contributed by atoms with E-state index >= 15 is 0 Å². The number of nitrogens with one attached hydrogen (secondary N) is 2. The van der Waals surface area contributed by atoms with Gasteiger partial charge in [0.2, 0.25) is 5.91 Å². The van der Waals surface area contributed by atoms with E-state index in [9.17, 15) is 14.4 Å². The first-order valence-electron chi connectivity index (χ1n) is 8.23. The van der Waals surface area contributed by atoms with Crippen molar-refractivity contribution in [3.8, 4) is 0 Å². The molecule has 0 unspecified atom stereocenters. The maximum absolute atomic E-state index is 12.2. The molecule has 3 aromatic rings. The van der Waals surface area contributed by atoms with Gasteiger partial charge in [-0.2, -0.15) is 0 Å². The highest BCUT2D eigenvalue weighted by atomic mass is 32.1. The molecule has 0 saturated carbocycles. The van der Waals surface area contributed by atoms with Crippen molar-refractivity contribution in [2.45, 2.75) is 13.3 Å². The minimum absolute atomic E-state index is 0.0274. The Bertz CT molecular complexity index is 966. The Morgan fingerprint density at radius 2 is 1.63 bits per heavy atom. The molecule has 0 aliphatic rings. The summed E-state index contributed by atoms with van der Waals surface area (Å²) < 4.78 is 0. The van der Waals surface area contributed by atoms with Crippen LogP contribution < -0.4 is 10.6 Å². The highest BCUT2D eigenvalue weighted by Gasteiger charge is 2.11. The van der Waals surface area contributed by atoms with Gasteiger partial charge in [0, 0.05) is 22.2 Å². The molecular weight excluding hydrogens is 362 g/mol. The molecule has 6 nitrogen and oxygen atoms in total. The summed E-state index contributed by atoms with van der Waals surface area (Å²) in [5, 5.41) is 7.66. The van der Waals surface area contributed by atoms with E-state index in [-0.39, 0.29) is 24.0 Å². The lowest BCUT2D eigenvalue weighted by molar-refractivity contribution is -0.115. The summed E-state index contributed by atoms with van der Waals surface area (Å²) in [7, 11) is 0. The number of carbonyl (C=O) groups excluding carboxylic acids is 3. The number of rotatable bonds is 6. The molecule has 0 spiro atoms. The van der Waals surface area contributed by atoms with Gasteiger partial charge in [-0.15, -0.1) is 11.3 Å². The first kappa shape index (κ1) is 18.5. The Morgan fingerprint density at radius 1 is 0.926 bits per heavy atom. The van der Waals surface area contributed by atoms with E-state index in [1.165, 1.54) is 18.3 Å². The van der Waals surface area contributed by atoms with Crippen LogP contribution in [0.5, 0.6) is 0 Å². The molecule has 1 aromatic heterocycles. The third kappa shape index (κ3) is 5.08. The second-order valence-electron chi connectivity index (χ2n) is 5.82. The third-order valence-electron chi connectivity index (χ3n) is 3.73. The number of hydrogen-bond donors (Lipinski definition) is 2. The van der Waals surface area contributed by atoms with Gasteiger partial charge >= 0.3 is 0 Å². The Morgan fingerprint density at radius 3 is 2.30 bits per heavy atom. The molecule has 7 heteroatoms. The van der Waals surface area contributed by atoms with Crippen molar-refractivity contribution in [1.82, 2.24) is 4.98 Å². The first-order chi connectivity index (χ1) is 13.0. The van der Waals surface area contributed by atoms with Gasteiger partial charge in [-0.05, 0) is 43.3 Å². The average molecular weight is 379 g/mol. The van der Waals surface area contributed by atoms with Crippen LogP contribution in [-0.2, 0) is 11.2 Å². The van der Waals surface area contributed by atoms with E-state index in [1.54, 1.807) is 53.9 Å². The summed E-state index contributed by atoms with van der Waals surface area (Å²) in [6.07, 6.45) is 0.0895. The first-order valence-corrected chi connectivity index (χ1v) is 9.11. The van der Waals surface area contributed by atoms with Crippen molar-refractivity contribution in [2.75, 3.05) is 10.6 Å². The molecule has 0 radical (unpaired) electrons. The van der Waals surface area contributed by atoms with Gasteiger partial charge in [0.05, 0.1) is 12.1 Å². The van der Waals surface area contributed by atoms with Gasteiger partial charge in [-0.25, -0.2) is 4.98 Å². The number of hydrogen-bond acceptors (Lipinski definition) is 5. The fraction of sp³-hybridized carbons (Fsp3) is 0.100. The van der Waals surface area contributed by atoms with Crippen LogP contribution in [0.1, 0.15) is 33.3 Å². The molecule has 27 heavy (non-hydrogen) atoms. The summed E-state index contributed by atoms with van der Waals surface area (Å²) >= 11 is 1.27. The number of amides is 2. The van der Waals surface area contributed by atoms with Crippen molar-refractivity contribution in [2.24, 2.45) is 0 Å². The molecule has 0 saturated heterocycles. The second-order valence-corrected chi connectivity index (χ2v) is 6.68. The molecule has 0 aliphatic heterocycles. The van der Waals surface area contributed by atoms with Crippen molar-refractivity contribution in [3.05, 3.63) is 76.8 Å². The van der Waals surface area contributed by atoms with Crippen molar-refractivity contribution < 1.29 is 14.4 Å². The van der Waals surface area contributed by atoms with E-state index in [0.717, 1.165) is 0 Å². The normalized spacial score (nSPS) is 10.3. The van der Waals surface area contributed by atoms with Gasteiger partial charge < -0.3 is 5.32 Å². The third-order valence-corrected chi connectivity index (χ3v) is 4.53. The Labute approximate surface area is 160 Å². The van der Waals surface area contributed by atoms with Crippen LogP contribution in [0.25, 0.3) is 0 Å². The van der Waals surface area contributed by atoms with E-state index < -0.39 is 0 Å². The Kier molecular flexibility index (Phi) is 5.73. The van der Waals surface area contributed by atoms with Crippen LogP contribution in [0.15, 0.2) is 60.0 Å². The SMILES string of the molecule is CC(=O)c1ccc(NC(=O)Cc2csc(NC(=O)c3ccccc3)n2)cc1. The van der Waals surface area contributed by atoms with Crippen LogP contribution in [-0.4, -0.2) is 22.6 Å². The molecule has 1 heterocycles. The largest absolute Gasteiger partial charge is 0.326 e. The van der Waals surface area contributed by atoms with Crippen LogP contribution in [0.3, 0.4) is 0 Å². The number of nitrogens with zero attached hydrogens (tertiary/aromatic N) is 1. The predicted octanol–water partition coefficient (Wildman–Crippen LogP) is 3.78. The van der Waals surface area contributed by atoms with Crippen LogP contribution >= 0.6 is 11.3 Å². The zero-order chi connectivity index (χ0) is 19.2. The van der Waals surface area contributed by atoms with E-state index in [4.69, 9.17) is 0 Å². The van der Waals surface area contributed by atoms with Gasteiger partial charge in [0.25, 0.3) is 5.91 Å². The van der Waals surface area contributed by atoms with Gasteiger partial charge in [0.1, 0.15) is 0 Å². The number of anilines is 2. The number of carbonyl (C=O) groups is 3. The summed E-state index contributed by atoms with van der Waals surface area (Å²) in [6.45, 7) is 1.49. The molecular formula is C20H17N3O3S. The second kappa shape index (κ2) is 8.37. The lowest BCUT2D eigenvalue weighted by atomic mass is 10.1. The van der Waals surface area contributed by atoms with Crippen molar-refractivity contribution >= 4 is 39.8 Å². The fourth-order valence-electron chi connectivity index (χ4n) is 2.36. The van der Waals surface area contributed by atoms with E-state index in [2.05, 4.69) is 15.6 Å². The number of ketones is 1. The smallest absolute Gasteiger partial charge is 0.257 e.